The van der Waals surface area contributed by atoms with E-state index in [1.165, 1.54) is 56.1 Å². The first-order chi connectivity index (χ1) is 33.7. The van der Waals surface area contributed by atoms with Crippen molar-refractivity contribution in [3.63, 3.8) is 0 Å². The van der Waals surface area contributed by atoms with Gasteiger partial charge in [-0.2, -0.15) is 10.5 Å². The summed E-state index contributed by atoms with van der Waals surface area (Å²) in [4.78, 5) is 2.33. The number of hydrogen-bond donors (Lipinski definition) is 1. The van der Waals surface area contributed by atoms with Gasteiger partial charge in [0.1, 0.15) is 5.82 Å². The lowest BCUT2D eigenvalue weighted by molar-refractivity contribution is 0.483. The number of nitriles is 2. The van der Waals surface area contributed by atoms with Crippen LogP contribution in [0.2, 0.25) is 0 Å². The summed E-state index contributed by atoms with van der Waals surface area (Å²) in [5, 5.41) is 20.2. The Kier molecular flexibility index (Phi) is 10.5. The third-order valence-corrected chi connectivity index (χ3v) is 18.8. The first-order valence-electron chi connectivity index (χ1n) is 22.9. The molecule has 0 spiro atoms. The monoisotopic (exact) mass is 995 g/mol. The zero-order valence-corrected chi connectivity index (χ0v) is 42.3. The van der Waals surface area contributed by atoms with Crippen LogP contribution in [0.25, 0.3) is 85.2 Å². The largest absolute Gasteiger partial charge is 0.398 e. The van der Waals surface area contributed by atoms with Crippen LogP contribution < -0.4 is 5.73 Å². The maximum Gasteiger partial charge on any atom is 0.170 e. The van der Waals surface area contributed by atoms with E-state index in [-0.39, 0.29) is 44.5 Å². The molecule has 0 radical (unpaired) electrons. The van der Waals surface area contributed by atoms with E-state index in [2.05, 4.69) is 82.3 Å². The Morgan fingerprint density at radius 3 is 1.34 bits per heavy atom. The zero-order valence-electron chi connectivity index (χ0n) is 39.8. The summed E-state index contributed by atoms with van der Waals surface area (Å²) in [7, 11) is 0. The van der Waals surface area contributed by atoms with E-state index in [1.54, 1.807) is 47.0 Å². The van der Waals surface area contributed by atoms with Crippen molar-refractivity contribution in [2.45, 2.75) is 66.2 Å². The van der Waals surface area contributed by atoms with Crippen LogP contribution in [0.4, 0.5) is 27.6 Å². The van der Waals surface area contributed by atoms with Gasteiger partial charge in [-0.15, -0.1) is 34.0 Å². The van der Waals surface area contributed by atoms with Crippen molar-refractivity contribution in [1.82, 2.24) is 0 Å². The number of anilines is 1. The van der Waals surface area contributed by atoms with Crippen LogP contribution in [-0.2, 0) is 10.8 Å². The topological polar surface area (TPSA) is 73.6 Å². The van der Waals surface area contributed by atoms with E-state index in [4.69, 9.17) is 5.73 Å². The minimum atomic E-state index is -1.37. The number of nitrogens with two attached hydrogens (primary N) is 1. The van der Waals surface area contributed by atoms with Crippen LogP contribution in [0.5, 0.6) is 0 Å². The van der Waals surface area contributed by atoms with Gasteiger partial charge in [-0.3, -0.25) is 0 Å². The Morgan fingerprint density at radius 1 is 0.479 bits per heavy atom. The molecule has 2 N–H and O–H groups in total. The second-order valence-corrected chi connectivity index (χ2v) is 22.9. The highest BCUT2D eigenvalue weighted by molar-refractivity contribution is 7.40. The molecule has 11 rings (SSSR count). The summed E-state index contributed by atoms with van der Waals surface area (Å²) in [5.74, 6) is -5.60. The molecule has 0 unspecified atom stereocenters. The predicted molar refractivity (Wildman–Crippen MR) is 284 cm³/mol. The van der Waals surface area contributed by atoms with Crippen molar-refractivity contribution in [2.75, 3.05) is 5.73 Å². The minimum absolute atomic E-state index is 0.00122. The number of thiophene rings is 3. The van der Waals surface area contributed by atoms with Crippen molar-refractivity contribution in [3.05, 3.63) is 181 Å². The molecule has 0 amide bonds. The third-order valence-electron chi connectivity index (χ3n) is 15.0. The molecule has 350 valence electrons. The summed E-state index contributed by atoms with van der Waals surface area (Å²) in [6.07, 6.45) is 3.02. The number of fused-ring (bicyclic) bond motifs is 9. The van der Waals surface area contributed by atoms with Crippen LogP contribution >= 0.6 is 34.0 Å². The number of halogens is 5. The fraction of sp³-hybridized carbons (Fsp3) is 0.167. The fourth-order valence-corrected chi connectivity index (χ4v) is 14.7. The Labute approximate surface area is 419 Å². The molecule has 3 heterocycles. The molecule has 0 fully saturated rings. The highest BCUT2D eigenvalue weighted by Gasteiger charge is 2.38. The number of rotatable bonds is 6. The second kappa shape index (κ2) is 16.2. The van der Waals surface area contributed by atoms with Crippen molar-refractivity contribution in [2.24, 2.45) is 0 Å². The van der Waals surface area contributed by atoms with E-state index in [1.807, 2.05) is 42.5 Å². The maximum atomic E-state index is 15.3. The number of nitrogens with zero attached hydrogens (tertiary/aromatic N) is 2. The molecular weight excluding hydrogens is 954 g/mol. The molecule has 9 aromatic rings. The van der Waals surface area contributed by atoms with Gasteiger partial charge in [0.05, 0.1) is 38.2 Å². The maximum absolute atomic E-state index is 15.3. The molecule has 0 saturated carbocycles. The van der Waals surface area contributed by atoms with Crippen LogP contribution in [0, 0.1) is 79.4 Å². The van der Waals surface area contributed by atoms with Gasteiger partial charge in [0.15, 0.2) is 23.3 Å². The molecule has 2 aliphatic rings. The highest BCUT2D eigenvalue weighted by Crippen LogP contribution is 2.54. The summed E-state index contributed by atoms with van der Waals surface area (Å²) >= 11 is 5.36. The molecule has 0 saturated heterocycles. The lowest BCUT2D eigenvalue weighted by Gasteiger charge is -2.22. The average Bonchev–Trinajstić information content (AvgIpc) is 4.14. The van der Waals surface area contributed by atoms with E-state index in [0.717, 1.165) is 54.9 Å². The van der Waals surface area contributed by atoms with Crippen LogP contribution in [-0.4, -0.2) is 0 Å². The zero-order chi connectivity index (χ0) is 50.3. The molecule has 3 aromatic heterocycles. The molecule has 71 heavy (non-hydrogen) atoms. The van der Waals surface area contributed by atoms with Crippen LogP contribution in [0.1, 0.15) is 94.5 Å². The van der Waals surface area contributed by atoms with E-state index in [9.17, 15) is 19.3 Å². The molecule has 0 bridgehead atoms. The Bertz CT molecular complexity index is 3720. The molecule has 0 atom stereocenters. The summed E-state index contributed by atoms with van der Waals surface area (Å²) < 4.78 is 80.3. The van der Waals surface area contributed by atoms with Crippen molar-refractivity contribution >= 4 is 81.8 Å². The number of nitrogen functional groups attached to an aromatic ring is 1. The summed E-state index contributed by atoms with van der Waals surface area (Å²) in [5.41, 5.74) is 16.9. The molecule has 11 heteroatoms. The molecular formula is C60H42F5N3S3. The van der Waals surface area contributed by atoms with Crippen molar-refractivity contribution in [3.8, 4) is 55.3 Å². The normalized spacial score (nSPS) is 14.4. The lowest BCUT2D eigenvalue weighted by atomic mass is 9.81. The van der Waals surface area contributed by atoms with Gasteiger partial charge in [-0.1, -0.05) is 88.4 Å². The summed E-state index contributed by atoms with van der Waals surface area (Å²) in [6, 6.07) is 33.5. The predicted octanol–water partition coefficient (Wildman–Crippen LogP) is 17.8. The Morgan fingerprint density at radius 2 is 0.873 bits per heavy atom. The molecule has 2 aliphatic carbocycles. The first kappa shape index (κ1) is 46.2. The number of hydrogen-bond acceptors (Lipinski definition) is 6. The minimum Gasteiger partial charge on any atom is -0.398 e. The number of allylic oxidation sites excluding steroid dienone is 2. The Balaban J connectivity index is 0.879. The Hall–Kier alpha value is -7.15. The van der Waals surface area contributed by atoms with Gasteiger partial charge >= 0.3 is 0 Å². The third kappa shape index (κ3) is 6.81. The van der Waals surface area contributed by atoms with Crippen molar-refractivity contribution in [1.29, 1.82) is 10.5 Å². The molecule has 6 aromatic carbocycles. The number of benzene rings is 6. The average molecular weight is 996 g/mol. The standard InChI is InChI=1S/C60H42F5N3S3/c1-27-28(2)52(62)55(65)50(51(27)61)36(26-67)18-32-10-14-38-40-16-12-34(22-44(40)60(7,8)42(38)20-32)46-24-48-58(71-46)57-47(69-48)23-45(70-57)33-11-15-39-37-13-9-31(19-41(37)59(5,6)43(39)21-33)17-35(25-66)49-29(3)56(68)30(4)53(63)54(49)64/h9-24H,68H2,1-8H3/b35-17+,36-18+. The van der Waals surface area contributed by atoms with Gasteiger partial charge < -0.3 is 5.73 Å². The van der Waals surface area contributed by atoms with Gasteiger partial charge in [0, 0.05) is 46.8 Å². The van der Waals surface area contributed by atoms with Gasteiger partial charge in [0.25, 0.3) is 0 Å². The van der Waals surface area contributed by atoms with Gasteiger partial charge in [-0.05, 0) is 148 Å². The van der Waals surface area contributed by atoms with Crippen LogP contribution in [0.3, 0.4) is 0 Å². The molecule has 3 nitrogen and oxygen atoms in total. The lowest BCUT2D eigenvalue weighted by Crippen LogP contribution is -2.15. The summed E-state index contributed by atoms with van der Waals surface area (Å²) in [6.45, 7) is 14.4. The first-order valence-corrected chi connectivity index (χ1v) is 25.4. The second-order valence-electron chi connectivity index (χ2n) is 19.7. The van der Waals surface area contributed by atoms with Gasteiger partial charge in [-0.25, -0.2) is 22.0 Å². The smallest absolute Gasteiger partial charge is 0.170 e. The highest BCUT2D eigenvalue weighted by atomic mass is 32.1. The van der Waals surface area contributed by atoms with Crippen LogP contribution in [0.15, 0.2) is 84.9 Å². The fourth-order valence-electron chi connectivity index (χ4n) is 10.7. The van der Waals surface area contributed by atoms with E-state index >= 15 is 13.2 Å². The van der Waals surface area contributed by atoms with E-state index < -0.39 is 40.1 Å². The van der Waals surface area contributed by atoms with Gasteiger partial charge in [0.2, 0.25) is 0 Å². The molecule has 0 aliphatic heterocycles. The van der Waals surface area contributed by atoms with E-state index in [0.29, 0.717) is 16.7 Å². The SMILES string of the molecule is Cc1c(N)c(C)c(/C(C#N)=C/c2ccc3c(c2)C(C)(C)c2cc(-c4cc5sc6cc(-c7ccc8c(c7)C(C)(C)c7cc(/C=C(\C#N)c9c(F)c(C)c(C)c(F)c9F)ccc7-8)sc6c5s4)ccc2-3)c(F)c1F. The van der Waals surface area contributed by atoms with Crippen molar-refractivity contribution < 1.29 is 22.0 Å². The quantitative estimate of drug-likeness (QED) is 0.0593.